The molecular formula is C13H17NO2. The molecule has 1 heterocycles. The zero-order valence-electron chi connectivity index (χ0n) is 9.99. The van der Waals surface area contributed by atoms with Gasteiger partial charge in [0.15, 0.2) is 6.29 Å². The molecule has 16 heavy (non-hydrogen) atoms. The second kappa shape index (κ2) is 3.89. The summed E-state index contributed by atoms with van der Waals surface area (Å²) >= 11 is 0. The fraction of sp³-hybridized carbons (Fsp3) is 0.538. The molecule has 0 N–H and O–H groups in total. The first kappa shape index (κ1) is 11.1. The zero-order chi connectivity index (χ0) is 11.8. The molecule has 0 atom stereocenters. The van der Waals surface area contributed by atoms with E-state index in [4.69, 9.17) is 4.74 Å². The highest BCUT2D eigenvalue weighted by Gasteiger charge is 2.27. The first-order chi connectivity index (χ1) is 7.50. The highest BCUT2D eigenvalue weighted by atomic mass is 16.5. The molecule has 1 fully saturated rings. The molecule has 3 nitrogen and oxygen atoms in total. The molecule has 86 valence electrons. The van der Waals surface area contributed by atoms with Gasteiger partial charge >= 0.3 is 0 Å². The molecular weight excluding hydrogens is 202 g/mol. The highest BCUT2D eigenvalue weighted by Crippen LogP contribution is 2.35. The van der Waals surface area contributed by atoms with Crippen LogP contribution >= 0.6 is 0 Å². The number of nitrogens with zero attached hydrogens (tertiary/aromatic N) is 1. The molecule has 0 spiro atoms. The summed E-state index contributed by atoms with van der Waals surface area (Å²) in [5.74, 6) is 0.812. The van der Waals surface area contributed by atoms with Gasteiger partial charge in [-0.2, -0.15) is 0 Å². The van der Waals surface area contributed by atoms with Gasteiger partial charge in [-0.05, 0) is 18.3 Å². The van der Waals surface area contributed by atoms with Gasteiger partial charge < -0.3 is 4.74 Å². The van der Waals surface area contributed by atoms with Crippen molar-refractivity contribution in [1.29, 1.82) is 0 Å². The minimum atomic E-state index is -0.0152. The second-order valence-electron chi connectivity index (χ2n) is 5.29. The summed E-state index contributed by atoms with van der Waals surface area (Å²) in [5.41, 5.74) is 1.48. The lowest BCUT2D eigenvalue weighted by molar-refractivity contribution is 0.111. The van der Waals surface area contributed by atoms with E-state index in [1.807, 2.05) is 0 Å². The Morgan fingerprint density at radius 1 is 1.44 bits per heavy atom. The van der Waals surface area contributed by atoms with Gasteiger partial charge in [-0.15, -0.1) is 0 Å². The standard InChI is InChI=1S/C13H17NO2/c1-13(2,3)11-7-14-9(8-15)6-12(11)16-10-4-5-10/h6-8,10H,4-5H2,1-3H3. The Morgan fingerprint density at radius 2 is 2.12 bits per heavy atom. The van der Waals surface area contributed by atoms with Crippen molar-refractivity contribution < 1.29 is 9.53 Å². The summed E-state index contributed by atoms with van der Waals surface area (Å²) < 4.78 is 5.83. The van der Waals surface area contributed by atoms with E-state index in [0.717, 1.165) is 30.4 Å². The Morgan fingerprint density at radius 3 is 2.62 bits per heavy atom. The van der Waals surface area contributed by atoms with E-state index in [1.165, 1.54) is 0 Å². The average molecular weight is 219 g/mol. The van der Waals surface area contributed by atoms with Crippen LogP contribution in [0.2, 0.25) is 0 Å². The summed E-state index contributed by atoms with van der Waals surface area (Å²) in [6.45, 7) is 6.35. The van der Waals surface area contributed by atoms with Crippen molar-refractivity contribution in [1.82, 2.24) is 4.98 Å². The molecule has 0 aliphatic heterocycles. The van der Waals surface area contributed by atoms with Crippen molar-refractivity contribution in [2.24, 2.45) is 0 Å². The lowest BCUT2D eigenvalue weighted by Gasteiger charge is -2.22. The number of hydrogen-bond acceptors (Lipinski definition) is 3. The molecule has 2 rings (SSSR count). The summed E-state index contributed by atoms with van der Waals surface area (Å²) in [6, 6.07) is 1.74. The molecule has 0 unspecified atom stereocenters. The van der Waals surface area contributed by atoms with Crippen LogP contribution in [0.1, 0.15) is 49.7 Å². The van der Waals surface area contributed by atoms with E-state index >= 15 is 0 Å². The normalized spacial score (nSPS) is 15.9. The monoisotopic (exact) mass is 219 g/mol. The van der Waals surface area contributed by atoms with E-state index in [0.29, 0.717) is 11.8 Å². The summed E-state index contributed by atoms with van der Waals surface area (Å²) in [6.07, 6.45) is 5.07. The van der Waals surface area contributed by atoms with Gasteiger partial charge in [0.2, 0.25) is 0 Å². The average Bonchev–Trinajstić information content (AvgIpc) is 3.00. The van der Waals surface area contributed by atoms with E-state index in [9.17, 15) is 4.79 Å². The van der Waals surface area contributed by atoms with E-state index in [2.05, 4.69) is 25.8 Å². The molecule has 0 saturated heterocycles. The summed E-state index contributed by atoms with van der Waals surface area (Å²) in [5, 5.41) is 0. The third-order valence-corrected chi connectivity index (χ3v) is 2.63. The van der Waals surface area contributed by atoms with Crippen LogP contribution in [-0.2, 0) is 5.41 Å². The zero-order valence-corrected chi connectivity index (χ0v) is 9.99. The maximum Gasteiger partial charge on any atom is 0.168 e. The highest BCUT2D eigenvalue weighted by molar-refractivity contribution is 5.72. The van der Waals surface area contributed by atoms with Crippen molar-refractivity contribution in [2.45, 2.75) is 45.1 Å². The van der Waals surface area contributed by atoms with Crippen molar-refractivity contribution >= 4 is 6.29 Å². The van der Waals surface area contributed by atoms with Crippen LogP contribution in [0.25, 0.3) is 0 Å². The lowest BCUT2D eigenvalue weighted by atomic mass is 9.87. The molecule has 1 aliphatic rings. The van der Waals surface area contributed by atoms with Crippen LogP contribution in [0.3, 0.4) is 0 Å². The van der Waals surface area contributed by atoms with E-state index < -0.39 is 0 Å². The smallest absolute Gasteiger partial charge is 0.168 e. The van der Waals surface area contributed by atoms with E-state index in [1.54, 1.807) is 12.3 Å². The Kier molecular flexibility index (Phi) is 2.70. The molecule has 3 heteroatoms. The molecule has 0 radical (unpaired) electrons. The van der Waals surface area contributed by atoms with Gasteiger partial charge in [-0.3, -0.25) is 9.78 Å². The predicted molar refractivity (Wildman–Crippen MR) is 62.0 cm³/mol. The van der Waals surface area contributed by atoms with Gasteiger partial charge in [0, 0.05) is 17.8 Å². The van der Waals surface area contributed by atoms with Gasteiger partial charge in [-0.1, -0.05) is 20.8 Å². The maximum absolute atomic E-state index is 10.7. The van der Waals surface area contributed by atoms with Gasteiger partial charge in [0.05, 0.1) is 6.10 Å². The number of rotatable bonds is 3. The number of ether oxygens (including phenoxy) is 1. The number of aldehydes is 1. The number of aromatic nitrogens is 1. The van der Waals surface area contributed by atoms with Crippen LogP contribution in [-0.4, -0.2) is 17.4 Å². The van der Waals surface area contributed by atoms with Crippen molar-refractivity contribution in [3.63, 3.8) is 0 Å². The predicted octanol–water partition coefficient (Wildman–Crippen LogP) is 2.73. The molecule has 1 saturated carbocycles. The van der Waals surface area contributed by atoms with Crippen LogP contribution in [0.15, 0.2) is 12.3 Å². The van der Waals surface area contributed by atoms with E-state index in [-0.39, 0.29) is 5.41 Å². The molecule has 0 aromatic carbocycles. The third-order valence-electron chi connectivity index (χ3n) is 2.63. The topological polar surface area (TPSA) is 39.2 Å². The fourth-order valence-electron chi connectivity index (χ4n) is 1.54. The van der Waals surface area contributed by atoms with Crippen LogP contribution in [0, 0.1) is 0 Å². The Hall–Kier alpha value is -1.38. The minimum Gasteiger partial charge on any atom is -0.490 e. The van der Waals surface area contributed by atoms with Gasteiger partial charge in [0.1, 0.15) is 11.4 Å². The van der Waals surface area contributed by atoms with Crippen LogP contribution < -0.4 is 4.74 Å². The second-order valence-corrected chi connectivity index (χ2v) is 5.29. The maximum atomic E-state index is 10.7. The fourth-order valence-corrected chi connectivity index (χ4v) is 1.54. The van der Waals surface area contributed by atoms with Gasteiger partial charge in [-0.25, -0.2) is 0 Å². The Balaban J connectivity index is 2.37. The first-order valence-corrected chi connectivity index (χ1v) is 5.63. The quantitative estimate of drug-likeness (QED) is 0.734. The van der Waals surface area contributed by atoms with Crippen molar-refractivity contribution in [2.75, 3.05) is 0 Å². The third kappa shape index (κ3) is 2.40. The largest absolute Gasteiger partial charge is 0.490 e. The number of pyridine rings is 1. The first-order valence-electron chi connectivity index (χ1n) is 5.63. The number of carbonyl (C=O) groups excluding carboxylic acids is 1. The SMILES string of the molecule is CC(C)(C)c1cnc(C=O)cc1OC1CC1. The number of hydrogen-bond donors (Lipinski definition) is 0. The lowest BCUT2D eigenvalue weighted by Crippen LogP contribution is -2.15. The van der Waals surface area contributed by atoms with Crippen LogP contribution in [0.4, 0.5) is 0 Å². The van der Waals surface area contributed by atoms with Crippen molar-refractivity contribution in [3.8, 4) is 5.75 Å². The molecule has 0 amide bonds. The molecule has 1 aromatic heterocycles. The van der Waals surface area contributed by atoms with Crippen molar-refractivity contribution in [3.05, 3.63) is 23.5 Å². The minimum absolute atomic E-state index is 0.0152. The van der Waals surface area contributed by atoms with Gasteiger partial charge in [0.25, 0.3) is 0 Å². The Bertz CT molecular complexity index is 403. The Labute approximate surface area is 95.8 Å². The summed E-state index contributed by atoms with van der Waals surface area (Å²) in [4.78, 5) is 14.8. The molecule has 1 aliphatic carbocycles. The number of carbonyl (C=O) groups is 1. The van der Waals surface area contributed by atoms with Crippen LogP contribution in [0.5, 0.6) is 5.75 Å². The molecule has 0 bridgehead atoms. The molecule has 1 aromatic rings. The summed E-state index contributed by atoms with van der Waals surface area (Å²) in [7, 11) is 0.